The molecule has 0 bridgehead atoms. The van der Waals surface area contributed by atoms with Gasteiger partial charge in [0.1, 0.15) is 11.6 Å². The zero-order chi connectivity index (χ0) is 26.8. The van der Waals surface area contributed by atoms with Crippen LogP contribution in [0.4, 0.5) is 11.7 Å². The van der Waals surface area contributed by atoms with Gasteiger partial charge in [0, 0.05) is 43.5 Å². The standard InChI is InChI=1S/C24H32N6O2.2C2H6/c1-5-12-30(13-6-2)22-16-21(17-26-29-23-15-18(3)19(4)32-23)27-24(28-22)31-14-10-20-9-7-8-11-25-20;2*1-2/h7-9,11,15-17,29H,5-6,10,12-14H2,1-4H3;2*1-2H3/b26-17+;;. The Bertz CT molecular complexity index is 979. The molecule has 1 N–H and O–H groups in total. The lowest BCUT2D eigenvalue weighted by Crippen LogP contribution is -2.26. The van der Waals surface area contributed by atoms with Crippen molar-refractivity contribution in [1.82, 2.24) is 15.0 Å². The van der Waals surface area contributed by atoms with Crippen LogP contribution in [0.5, 0.6) is 6.01 Å². The molecule has 0 spiro atoms. The molecule has 36 heavy (non-hydrogen) atoms. The first-order valence-corrected chi connectivity index (χ1v) is 13.1. The second-order valence-corrected chi connectivity index (χ2v) is 7.56. The van der Waals surface area contributed by atoms with Crippen LogP contribution in [-0.4, -0.2) is 40.9 Å². The van der Waals surface area contributed by atoms with Crippen molar-refractivity contribution in [2.24, 2.45) is 5.10 Å². The summed E-state index contributed by atoms with van der Waals surface area (Å²) in [6.45, 7) is 18.5. The number of anilines is 2. The largest absolute Gasteiger partial charge is 0.463 e. The third kappa shape index (κ3) is 10.5. The summed E-state index contributed by atoms with van der Waals surface area (Å²) in [5.41, 5.74) is 5.62. The van der Waals surface area contributed by atoms with Crippen molar-refractivity contribution in [1.29, 1.82) is 0 Å². The van der Waals surface area contributed by atoms with E-state index in [1.165, 1.54) is 0 Å². The lowest BCUT2D eigenvalue weighted by Gasteiger charge is -2.23. The monoisotopic (exact) mass is 496 g/mol. The summed E-state index contributed by atoms with van der Waals surface area (Å²) in [5.74, 6) is 2.30. The van der Waals surface area contributed by atoms with Gasteiger partial charge in [-0.3, -0.25) is 4.98 Å². The first-order chi connectivity index (χ1) is 17.6. The molecule has 0 aliphatic rings. The molecule has 0 radical (unpaired) electrons. The third-order valence-electron chi connectivity index (χ3n) is 4.88. The summed E-state index contributed by atoms with van der Waals surface area (Å²) in [4.78, 5) is 15.8. The van der Waals surface area contributed by atoms with Gasteiger partial charge in [0.25, 0.3) is 0 Å². The molecule has 3 rings (SSSR count). The van der Waals surface area contributed by atoms with E-state index in [-0.39, 0.29) is 0 Å². The highest BCUT2D eigenvalue weighted by atomic mass is 16.5. The molecule has 8 heteroatoms. The Morgan fingerprint density at radius 2 is 1.75 bits per heavy atom. The molecule has 198 valence electrons. The molecule has 0 aliphatic heterocycles. The molecule has 0 amide bonds. The summed E-state index contributed by atoms with van der Waals surface area (Å²) >= 11 is 0. The number of rotatable bonds is 12. The van der Waals surface area contributed by atoms with Crippen molar-refractivity contribution in [2.75, 3.05) is 30.0 Å². The van der Waals surface area contributed by atoms with Crippen molar-refractivity contribution in [3.8, 4) is 6.01 Å². The Kier molecular flexibility index (Phi) is 15.2. The van der Waals surface area contributed by atoms with Crippen LogP contribution in [0, 0.1) is 13.8 Å². The molecular formula is C28H44N6O2. The van der Waals surface area contributed by atoms with Gasteiger partial charge in [-0.25, -0.2) is 5.43 Å². The fourth-order valence-electron chi connectivity index (χ4n) is 3.19. The number of nitrogens with one attached hydrogen (secondary N) is 1. The topological polar surface area (TPSA) is 88.7 Å². The van der Waals surface area contributed by atoms with Gasteiger partial charge in [-0.15, -0.1) is 0 Å². The van der Waals surface area contributed by atoms with Crippen LogP contribution in [0.2, 0.25) is 0 Å². The van der Waals surface area contributed by atoms with Gasteiger partial charge in [0.15, 0.2) is 0 Å². The van der Waals surface area contributed by atoms with Gasteiger partial charge in [0.05, 0.1) is 18.5 Å². The number of aromatic nitrogens is 3. The minimum atomic E-state index is 0.335. The maximum absolute atomic E-state index is 5.89. The number of ether oxygens (including phenoxy) is 1. The fraction of sp³-hybridized carbons (Fsp3) is 0.500. The van der Waals surface area contributed by atoms with Crippen LogP contribution < -0.4 is 15.1 Å². The van der Waals surface area contributed by atoms with E-state index in [0.29, 0.717) is 30.6 Å². The van der Waals surface area contributed by atoms with Gasteiger partial charge >= 0.3 is 6.01 Å². The SMILES string of the molecule is CC.CC.CCCN(CCC)c1cc(/C=N/Nc2cc(C)c(C)o2)nc(OCCc2ccccn2)n1. The van der Waals surface area contributed by atoms with Gasteiger partial charge in [0.2, 0.25) is 5.88 Å². The molecule has 0 atom stereocenters. The molecule has 0 saturated carbocycles. The number of hydrogen-bond acceptors (Lipinski definition) is 8. The highest BCUT2D eigenvalue weighted by Gasteiger charge is 2.12. The molecule has 3 aromatic rings. The Balaban J connectivity index is 0.00000154. The predicted molar refractivity (Wildman–Crippen MR) is 150 cm³/mol. The second-order valence-electron chi connectivity index (χ2n) is 7.56. The summed E-state index contributed by atoms with van der Waals surface area (Å²) in [7, 11) is 0. The van der Waals surface area contributed by atoms with Gasteiger partial charge in [-0.05, 0) is 44.4 Å². The van der Waals surface area contributed by atoms with Crippen LogP contribution in [0.1, 0.15) is 77.1 Å². The number of pyridine rings is 1. The first-order valence-electron chi connectivity index (χ1n) is 13.1. The molecule has 0 saturated heterocycles. The van der Waals surface area contributed by atoms with E-state index in [0.717, 1.165) is 48.8 Å². The smallest absolute Gasteiger partial charge is 0.318 e. The van der Waals surface area contributed by atoms with Crippen LogP contribution in [0.15, 0.2) is 46.0 Å². The summed E-state index contributed by atoms with van der Waals surface area (Å²) in [5, 5.41) is 4.28. The minimum absolute atomic E-state index is 0.335. The molecule has 0 aromatic carbocycles. The summed E-state index contributed by atoms with van der Waals surface area (Å²) < 4.78 is 11.5. The van der Waals surface area contributed by atoms with Gasteiger partial charge in [-0.2, -0.15) is 15.1 Å². The van der Waals surface area contributed by atoms with Gasteiger partial charge in [-0.1, -0.05) is 47.6 Å². The Labute approximate surface area is 217 Å². The van der Waals surface area contributed by atoms with E-state index in [4.69, 9.17) is 9.15 Å². The summed E-state index contributed by atoms with van der Waals surface area (Å²) in [6, 6.07) is 10.0. The normalized spacial score (nSPS) is 10.2. The minimum Gasteiger partial charge on any atom is -0.463 e. The van der Waals surface area contributed by atoms with Crippen molar-refractivity contribution < 1.29 is 9.15 Å². The Morgan fingerprint density at radius 3 is 2.33 bits per heavy atom. The second kappa shape index (κ2) is 17.9. The predicted octanol–water partition coefficient (Wildman–Crippen LogP) is 6.83. The van der Waals surface area contributed by atoms with Crippen molar-refractivity contribution in [2.45, 2.75) is 74.7 Å². The van der Waals surface area contributed by atoms with Crippen molar-refractivity contribution in [3.63, 3.8) is 0 Å². The van der Waals surface area contributed by atoms with E-state index in [9.17, 15) is 0 Å². The van der Waals surface area contributed by atoms with Crippen LogP contribution in [0.25, 0.3) is 0 Å². The maximum atomic E-state index is 5.89. The zero-order valence-corrected chi connectivity index (χ0v) is 23.3. The van der Waals surface area contributed by atoms with Crippen LogP contribution in [0.3, 0.4) is 0 Å². The average molecular weight is 497 g/mol. The average Bonchev–Trinajstić information content (AvgIpc) is 3.23. The molecule has 3 aromatic heterocycles. The highest BCUT2D eigenvalue weighted by Crippen LogP contribution is 2.19. The van der Waals surface area contributed by atoms with Crippen molar-refractivity contribution in [3.05, 3.63) is 59.2 Å². The van der Waals surface area contributed by atoms with Crippen LogP contribution >= 0.6 is 0 Å². The van der Waals surface area contributed by atoms with E-state index in [2.05, 4.69) is 44.2 Å². The van der Waals surface area contributed by atoms with Crippen LogP contribution in [-0.2, 0) is 6.42 Å². The van der Waals surface area contributed by atoms with E-state index in [1.54, 1.807) is 12.4 Å². The fourth-order valence-corrected chi connectivity index (χ4v) is 3.19. The number of aryl methyl sites for hydroxylation is 2. The lowest BCUT2D eigenvalue weighted by atomic mass is 10.3. The number of furan rings is 1. The molecule has 0 fully saturated rings. The third-order valence-corrected chi connectivity index (χ3v) is 4.88. The van der Waals surface area contributed by atoms with Gasteiger partial charge < -0.3 is 14.1 Å². The quantitative estimate of drug-likeness (QED) is 0.217. The van der Waals surface area contributed by atoms with Crippen molar-refractivity contribution >= 4 is 17.9 Å². The van der Waals surface area contributed by atoms with E-state index < -0.39 is 0 Å². The molecule has 0 aliphatic carbocycles. The number of nitrogens with zero attached hydrogens (tertiary/aromatic N) is 5. The maximum Gasteiger partial charge on any atom is 0.318 e. The van der Waals surface area contributed by atoms with E-state index >= 15 is 0 Å². The van der Waals surface area contributed by atoms with E-state index in [1.807, 2.05) is 71.9 Å². The number of hydrazone groups is 1. The highest BCUT2D eigenvalue weighted by molar-refractivity contribution is 5.79. The Hall–Kier alpha value is -3.42. The molecule has 0 unspecified atom stereocenters. The molecule has 3 heterocycles. The summed E-state index contributed by atoms with van der Waals surface area (Å²) in [6.07, 6.45) is 6.18. The first kappa shape index (κ1) is 30.6. The molecular weight excluding hydrogens is 452 g/mol. The lowest BCUT2D eigenvalue weighted by molar-refractivity contribution is 0.295. The zero-order valence-electron chi connectivity index (χ0n) is 23.3. The molecule has 8 nitrogen and oxygen atoms in total. The Morgan fingerprint density at radius 1 is 1.03 bits per heavy atom. The number of hydrogen-bond donors (Lipinski definition) is 1.